The fraction of sp³-hybridized carbons (Fsp3) is 0. The average Bonchev–Trinajstić information content (AvgIpc) is 2.30. The molecule has 0 saturated heterocycles. The summed E-state index contributed by atoms with van der Waals surface area (Å²) < 4.78 is 0. The first-order valence-electron chi connectivity index (χ1n) is 4.51. The van der Waals surface area contributed by atoms with Crippen molar-refractivity contribution >= 4 is 12.6 Å². The summed E-state index contributed by atoms with van der Waals surface area (Å²) in [7, 11) is -1.52. The molecule has 0 aliphatic heterocycles. The third kappa shape index (κ3) is 2.20. The van der Waals surface area contributed by atoms with E-state index in [0.717, 1.165) is 5.56 Å². The van der Waals surface area contributed by atoms with Gasteiger partial charge in [0.2, 0.25) is 0 Å². The number of aromatic nitrogens is 2. The third-order valence-electron chi connectivity index (χ3n) is 2.00. The molecule has 0 spiro atoms. The molecule has 0 radical (unpaired) electrons. The lowest BCUT2D eigenvalue weighted by molar-refractivity contribution is 0.425. The molecule has 0 fully saturated rings. The molecule has 0 atom stereocenters. The lowest BCUT2D eigenvalue weighted by Gasteiger charge is -2.01. The number of hydrogen-bond donors (Lipinski definition) is 2. The minimum atomic E-state index is -1.52. The van der Waals surface area contributed by atoms with Crippen molar-refractivity contribution in [3.8, 4) is 11.4 Å². The van der Waals surface area contributed by atoms with Gasteiger partial charge in [0.05, 0.1) is 0 Å². The average molecular weight is 200 g/mol. The molecule has 15 heavy (non-hydrogen) atoms. The normalized spacial score (nSPS) is 10.0. The van der Waals surface area contributed by atoms with E-state index in [1.807, 2.05) is 30.3 Å². The van der Waals surface area contributed by atoms with Crippen molar-refractivity contribution in [1.82, 2.24) is 9.97 Å². The van der Waals surface area contributed by atoms with Crippen LogP contribution in [0.4, 0.5) is 0 Å². The summed E-state index contributed by atoms with van der Waals surface area (Å²) in [5, 5.41) is 17.7. The monoisotopic (exact) mass is 200 g/mol. The molecule has 0 aliphatic rings. The molecule has 0 amide bonds. The van der Waals surface area contributed by atoms with Gasteiger partial charge in [-0.05, 0) is 0 Å². The van der Waals surface area contributed by atoms with Gasteiger partial charge in [-0.2, -0.15) is 0 Å². The Labute approximate surface area is 87.4 Å². The maximum atomic E-state index is 8.86. The highest BCUT2D eigenvalue weighted by molar-refractivity contribution is 6.58. The molecule has 1 heterocycles. The van der Waals surface area contributed by atoms with Crippen LogP contribution >= 0.6 is 0 Å². The molecular weight excluding hydrogens is 191 g/mol. The Kier molecular flexibility index (Phi) is 2.76. The summed E-state index contributed by atoms with van der Waals surface area (Å²) in [5.41, 5.74) is 1.19. The van der Waals surface area contributed by atoms with Crippen LogP contribution in [0, 0.1) is 0 Å². The Balaban J connectivity index is 2.32. The smallest absolute Gasteiger partial charge is 0.423 e. The van der Waals surface area contributed by atoms with E-state index in [2.05, 4.69) is 9.97 Å². The van der Waals surface area contributed by atoms with Gasteiger partial charge in [0, 0.05) is 23.4 Å². The Bertz CT molecular complexity index is 431. The van der Waals surface area contributed by atoms with Gasteiger partial charge < -0.3 is 10.0 Å². The molecule has 74 valence electrons. The van der Waals surface area contributed by atoms with Crippen LogP contribution in [0.5, 0.6) is 0 Å². The standard InChI is InChI=1S/C10H9BN2O2/c14-11(15)9-6-12-10(13-7-9)8-4-2-1-3-5-8/h1-7,14-15H. The Morgan fingerprint density at radius 2 is 1.53 bits per heavy atom. The molecule has 0 aliphatic carbocycles. The van der Waals surface area contributed by atoms with E-state index in [1.165, 1.54) is 12.4 Å². The lowest BCUT2D eigenvalue weighted by Crippen LogP contribution is -2.30. The topological polar surface area (TPSA) is 66.2 Å². The van der Waals surface area contributed by atoms with Crippen LogP contribution in [-0.4, -0.2) is 27.1 Å². The van der Waals surface area contributed by atoms with Crippen LogP contribution < -0.4 is 5.46 Å². The van der Waals surface area contributed by atoms with Gasteiger partial charge in [-0.1, -0.05) is 30.3 Å². The van der Waals surface area contributed by atoms with Gasteiger partial charge in [0.15, 0.2) is 5.82 Å². The van der Waals surface area contributed by atoms with E-state index < -0.39 is 7.12 Å². The van der Waals surface area contributed by atoms with Gasteiger partial charge >= 0.3 is 7.12 Å². The molecule has 1 aromatic heterocycles. The van der Waals surface area contributed by atoms with Gasteiger partial charge in [0.1, 0.15) is 0 Å². The number of hydrogen-bond acceptors (Lipinski definition) is 4. The van der Waals surface area contributed by atoms with Gasteiger partial charge in [-0.15, -0.1) is 0 Å². The van der Waals surface area contributed by atoms with E-state index in [4.69, 9.17) is 10.0 Å². The first-order chi connectivity index (χ1) is 7.27. The number of nitrogens with zero attached hydrogens (tertiary/aromatic N) is 2. The van der Waals surface area contributed by atoms with Gasteiger partial charge in [-0.3, -0.25) is 0 Å². The Hall–Kier alpha value is -1.72. The summed E-state index contributed by atoms with van der Waals surface area (Å²) in [6.07, 6.45) is 2.81. The molecule has 1 aromatic carbocycles. The first kappa shape index (κ1) is 9.83. The fourth-order valence-electron chi connectivity index (χ4n) is 1.21. The maximum absolute atomic E-state index is 8.86. The number of rotatable bonds is 2. The quantitative estimate of drug-likeness (QED) is 0.660. The van der Waals surface area contributed by atoms with Crippen LogP contribution in [0.1, 0.15) is 0 Å². The molecule has 5 heteroatoms. The summed E-state index contributed by atoms with van der Waals surface area (Å²) >= 11 is 0. The Morgan fingerprint density at radius 3 is 2.07 bits per heavy atom. The second kappa shape index (κ2) is 4.21. The summed E-state index contributed by atoms with van der Waals surface area (Å²) in [4.78, 5) is 8.08. The summed E-state index contributed by atoms with van der Waals surface area (Å²) in [6.45, 7) is 0. The highest BCUT2D eigenvalue weighted by atomic mass is 16.4. The molecule has 2 aromatic rings. The van der Waals surface area contributed by atoms with Crippen molar-refractivity contribution < 1.29 is 10.0 Å². The predicted octanol–water partition coefficient (Wildman–Crippen LogP) is -0.177. The largest absolute Gasteiger partial charge is 0.491 e. The molecule has 2 N–H and O–H groups in total. The molecule has 2 rings (SSSR count). The van der Waals surface area contributed by atoms with Crippen molar-refractivity contribution in [2.24, 2.45) is 0 Å². The van der Waals surface area contributed by atoms with Crippen molar-refractivity contribution in [3.63, 3.8) is 0 Å². The maximum Gasteiger partial charge on any atom is 0.491 e. The number of benzene rings is 1. The minimum Gasteiger partial charge on any atom is -0.423 e. The zero-order chi connectivity index (χ0) is 10.7. The first-order valence-corrected chi connectivity index (χ1v) is 4.51. The second-order valence-corrected chi connectivity index (χ2v) is 3.08. The molecule has 0 bridgehead atoms. The molecule has 0 unspecified atom stereocenters. The van der Waals surface area contributed by atoms with E-state index in [1.54, 1.807) is 0 Å². The Morgan fingerprint density at radius 1 is 0.933 bits per heavy atom. The molecule has 4 nitrogen and oxygen atoms in total. The summed E-state index contributed by atoms with van der Waals surface area (Å²) in [5.74, 6) is 0.569. The van der Waals surface area contributed by atoms with E-state index in [9.17, 15) is 0 Å². The summed E-state index contributed by atoms with van der Waals surface area (Å²) in [6, 6.07) is 9.49. The van der Waals surface area contributed by atoms with Crippen molar-refractivity contribution in [3.05, 3.63) is 42.7 Å². The van der Waals surface area contributed by atoms with Gasteiger partial charge in [0.25, 0.3) is 0 Å². The minimum absolute atomic E-state index is 0.287. The zero-order valence-corrected chi connectivity index (χ0v) is 7.91. The van der Waals surface area contributed by atoms with E-state index in [-0.39, 0.29) is 5.46 Å². The van der Waals surface area contributed by atoms with Crippen LogP contribution in [0.15, 0.2) is 42.7 Å². The van der Waals surface area contributed by atoms with E-state index in [0.29, 0.717) is 5.82 Å². The van der Waals surface area contributed by atoms with E-state index >= 15 is 0 Å². The van der Waals surface area contributed by atoms with Crippen LogP contribution in [0.25, 0.3) is 11.4 Å². The van der Waals surface area contributed by atoms with Crippen molar-refractivity contribution in [1.29, 1.82) is 0 Å². The highest BCUT2D eigenvalue weighted by Crippen LogP contribution is 2.11. The highest BCUT2D eigenvalue weighted by Gasteiger charge is 2.11. The van der Waals surface area contributed by atoms with Crippen LogP contribution in [0.2, 0.25) is 0 Å². The predicted molar refractivity (Wildman–Crippen MR) is 57.3 cm³/mol. The van der Waals surface area contributed by atoms with Crippen molar-refractivity contribution in [2.45, 2.75) is 0 Å². The van der Waals surface area contributed by atoms with Crippen LogP contribution in [0.3, 0.4) is 0 Å². The lowest BCUT2D eigenvalue weighted by atomic mass is 9.83. The SMILES string of the molecule is OB(O)c1cnc(-c2ccccc2)nc1. The molecule has 0 saturated carbocycles. The zero-order valence-electron chi connectivity index (χ0n) is 7.91. The fourth-order valence-corrected chi connectivity index (χ4v) is 1.21. The molecular formula is C10H9BN2O2. The van der Waals surface area contributed by atoms with Crippen LogP contribution in [-0.2, 0) is 0 Å². The van der Waals surface area contributed by atoms with Gasteiger partial charge in [-0.25, -0.2) is 9.97 Å². The second-order valence-electron chi connectivity index (χ2n) is 3.08. The third-order valence-corrected chi connectivity index (χ3v) is 2.00. The van der Waals surface area contributed by atoms with Crippen molar-refractivity contribution in [2.75, 3.05) is 0 Å².